The maximum absolute atomic E-state index is 6.22. The van der Waals surface area contributed by atoms with Crippen LogP contribution in [0.25, 0.3) is 0 Å². The quantitative estimate of drug-likeness (QED) is 0.648. The zero-order chi connectivity index (χ0) is 11.0. The SMILES string of the molecule is NC1CNCCC1N1CCCC2(COC2)C1. The Bertz CT molecular complexity index is 255. The summed E-state index contributed by atoms with van der Waals surface area (Å²) in [5.41, 5.74) is 6.71. The average molecular weight is 225 g/mol. The van der Waals surface area contributed by atoms with Crippen molar-refractivity contribution in [3.8, 4) is 0 Å². The van der Waals surface area contributed by atoms with E-state index in [1.807, 2.05) is 0 Å². The van der Waals surface area contributed by atoms with Gasteiger partial charge in [0.05, 0.1) is 13.2 Å². The fraction of sp³-hybridized carbons (Fsp3) is 1.00. The van der Waals surface area contributed by atoms with Crippen LogP contribution in [0.4, 0.5) is 0 Å². The van der Waals surface area contributed by atoms with Crippen molar-refractivity contribution in [3.05, 3.63) is 0 Å². The molecule has 0 saturated carbocycles. The molecule has 16 heavy (non-hydrogen) atoms. The van der Waals surface area contributed by atoms with Crippen LogP contribution in [0, 0.1) is 5.41 Å². The Balaban J connectivity index is 1.64. The number of hydrogen-bond donors (Lipinski definition) is 2. The molecular formula is C12H23N3O. The molecule has 4 nitrogen and oxygen atoms in total. The number of hydrogen-bond acceptors (Lipinski definition) is 4. The van der Waals surface area contributed by atoms with Gasteiger partial charge in [0.2, 0.25) is 0 Å². The number of rotatable bonds is 1. The van der Waals surface area contributed by atoms with Gasteiger partial charge in [0.15, 0.2) is 0 Å². The lowest BCUT2D eigenvalue weighted by Gasteiger charge is -2.51. The van der Waals surface area contributed by atoms with Gasteiger partial charge in [0, 0.05) is 30.6 Å². The first kappa shape index (κ1) is 11.0. The second kappa shape index (κ2) is 4.26. The fourth-order valence-electron chi connectivity index (χ4n) is 3.48. The molecule has 0 aromatic carbocycles. The molecule has 3 rings (SSSR count). The van der Waals surface area contributed by atoms with Crippen LogP contribution in [-0.2, 0) is 4.74 Å². The molecule has 0 bridgehead atoms. The molecule has 0 amide bonds. The van der Waals surface area contributed by atoms with Crippen molar-refractivity contribution in [2.24, 2.45) is 11.1 Å². The Morgan fingerprint density at radius 2 is 2.25 bits per heavy atom. The number of likely N-dealkylation sites (tertiary alicyclic amines) is 1. The second-order valence-corrected chi connectivity index (χ2v) is 5.79. The fourth-order valence-corrected chi connectivity index (χ4v) is 3.48. The molecule has 3 fully saturated rings. The highest BCUT2D eigenvalue weighted by molar-refractivity contribution is 4.97. The number of ether oxygens (including phenoxy) is 1. The van der Waals surface area contributed by atoms with Crippen LogP contribution in [0.3, 0.4) is 0 Å². The van der Waals surface area contributed by atoms with Gasteiger partial charge in [-0.15, -0.1) is 0 Å². The third-order valence-electron chi connectivity index (χ3n) is 4.47. The Hall–Kier alpha value is -0.160. The van der Waals surface area contributed by atoms with Gasteiger partial charge in [-0.25, -0.2) is 0 Å². The third kappa shape index (κ3) is 1.88. The Morgan fingerprint density at radius 1 is 1.38 bits per heavy atom. The van der Waals surface area contributed by atoms with Crippen molar-refractivity contribution < 1.29 is 4.74 Å². The minimum atomic E-state index is 0.310. The molecule has 0 aromatic rings. The molecule has 92 valence electrons. The molecule has 4 heteroatoms. The molecule has 1 spiro atoms. The predicted octanol–water partition coefficient (Wildman–Crippen LogP) is -0.212. The lowest BCUT2D eigenvalue weighted by atomic mass is 9.77. The van der Waals surface area contributed by atoms with Gasteiger partial charge in [0.1, 0.15) is 0 Å². The summed E-state index contributed by atoms with van der Waals surface area (Å²) < 4.78 is 5.41. The van der Waals surface area contributed by atoms with Crippen molar-refractivity contribution >= 4 is 0 Å². The summed E-state index contributed by atoms with van der Waals surface area (Å²) in [4.78, 5) is 2.64. The predicted molar refractivity (Wildman–Crippen MR) is 63.3 cm³/mol. The summed E-state index contributed by atoms with van der Waals surface area (Å²) in [5.74, 6) is 0. The monoisotopic (exact) mass is 225 g/mol. The van der Waals surface area contributed by atoms with E-state index in [4.69, 9.17) is 10.5 Å². The van der Waals surface area contributed by atoms with E-state index in [2.05, 4.69) is 10.2 Å². The maximum Gasteiger partial charge on any atom is 0.0557 e. The van der Waals surface area contributed by atoms with Crippen molar-refractivity contribution in [1.82, 2.24) is 10.2 Å². The van der Waals surface area contributed by atoms with E-state index in [9.17, 15) is 0 Å². The summed E-state index contributed by atoms with van der Waals surface area (Å²) in [5, 5.41) is 3.38. The molecule has 3 aliphatic rings. The van der Waals surface area contributed by atoms with E-state index in [0.717, 1.165) is 26.3 Å². The largest absolute Gasteiger partial charge is 0.380 e. The lowest BCUT2D eigenvalue weighted by molar-refractivity contribution is -0.150. The van der Waals surface area contributed by atoms with E-state index in [0.29, 0.717) is 17.5 Å². The smallest absolute Gasteiger partial charge is 0.0557 e. The molecule has 0 aliphatic carbocycles. The molecular weight excluding hydrogens is 202 g/mol. The van der Waals surface area contributed by atoms with E-state index in [-0.39, 0.29) is 0 Å². The van der Waals surface area contributed by atoms with Crippen LogP contribution in [0.1, 0.15) is 19.3 Å². The first-order valence-electron chi connectivity index (χ1n) is 6.57. The number of nitrogens with zero attached hydrogens (tertiary/aromatic N) is 1. The minimum Gasteiger partial charge on any atom is -0.380 e. The van der Waals surface area contributed by atoms with E-state index in [1.165, 1.54) is 32.4 Å². The van der Waals surface area contributed by atoms with Gasteiger partial charge < -0.3 is 15.8 Å². The number of piperidine rings is 2. The topological polar surface area (TPSA) is 50.5 Å². The first-order valence-corrected chi connectivity index (χ1v) is 6.57. The average Bonchev–Trinajstić information content (AvgIpc) is 2.28. The van der Waals surface area contributed by atoms with Crippen LogP contribution in [0.2, 0.25) is 0 Å². The molecule has 2 unspecified atom stereocenters. The van der Waals surface area contributed by atoms with Crippen LogP contribution >= 0.6 is 0 Å². The summed E-state index contributed by atoms with van der Waals surface area (Å²) in [7, 11) is 0. The summed E-state index contributed by atoms with van der Waals surface area (Å²) >= 11 is 0. The molecule has 3 N–H and O–H groups in total. The Labute approximate surface area is 97.5 Å². The van der Waals surface area contributed by atoms with Gasteiger partial charge in [-0.3, -0.25) is 4.90 Å². The standard InChI is InChI=1S/C12H23N3O/c13-10-6-14-4-2-11(10)15-5-1-3-12(7-15)8-16-9-12/h10-11,14H,1-9,13H2. The zero-order valence-corrected chi connectivity index (χ0v) is 9.95. The highest BCUT2D eigenvalue weighted by atomic mass is 16.5. The van der Waals surface area contributed by atoms with E-state index >= 15 is 0 Å². The first-order chi connectivity index (χ1) is 7.79. The zero-order valence-electron chi connectivity index (χ0n) is 9.95. The van der Waals surface area contributed by atoms with Crippen LogP contribution < -0.4 is 11.1 Å². The molecule has 0 aromatic heterocycles. The van der Waals surface area contributed by atoms with Crippen LogP contribution in [0.5, 0.6) is 0 Å². The molecule has 3 saturated heterocycles. The minimum absolute atomic E-state index is 0.310. The summed E-state index contributed by atoms with van der Waals surface area (Å²) in [6.07, 6.45) is 3.88. The van der Waals surface area contributed by atoms with Gasteiger partial charge in [-0.1, -0.05) is 0 Å². The Kier molecular flexibility index (Phi) is 2.92. The maximum atomic E-state index is 6.22. The third-order valence-corrected chi connectivity index (χ3v) is 4.47. The molecule has 2 atom stereocenters. The normalized spacial score (nSPS) is 39.6. The van der Waals surface area contributed by atoms with Gasteiger partial charge >= 0.3 is 0 Å². The molecule has 0 radical (unpaired) electrons. The van der Waals surface area contributed by atoms with Crippen LogP contribution in [-0.4, -0.2) is 56.4 Å². The number of nitrogens with two attached hydrogens (primary N) is 1. The highest BCUT2D eigenvalue weighted by Gasteiger charge is 2.44. The van der Waals surface area contributed by atoms with Gasteiger partial charge in [-0.05, 0) is 32.4 Å². The van der Waals surface area contributed by atoms with Crippen molar-refractivity contribution in [2.45, 2.75) is 31.3 Å². The molecule has 3 aliphatic heterocycles. The highest BCUT2D eigenvalue weighted by Crippen LogP contribution is 2.38. The lowest BCUT2D eigenvalue weighted by Crippen LogP contribution is -2.62. The van der Waals surface area contributed by atoms with Crippen LogP contribution in [0.15, 0.2) is 0 Å². The van der Waals surface area contributed by atoms with E-state index < -0.39 is 0 Å². The summed E-state index contributed by atoms with van der Waals surface area (Å²) in [6.45, 7) is 6.50. The molecule has 3 heterocycles. The second-order valence-electron chi connectivity index (χ2n) is 5.79. The van der Waals surface area contributed by atoms with Gasteiger partial charge in [0.25, 0.3) is 0 Å². The number of nitrogens with one attached hydrogen (secondary N) is 1. The van der Waals surface area contributed by atoms with Crippen molar-refractivity contribution in [1.29, 1.82) is 0 Å². The summed E-state index contributed by atoms with van der Waals surface area (Å²) in [6, 6.07) is 0.906. The Morgan fingerprint density at radius 3 is 2.94 bits per heavy atom. The van der Waals surface area contributed by atoms with E-state index in [1.54, 1.807) is 0 Å². The van der Waals surface area contributed by atoms with Crippen molar-refractivity contribution in [3.63, 3.8) is 0 Å². The van der Waals surface area contributed by atoms with Gasteiger partial charge in [-0.2, -0.15) is 0 Å². The van der Waals surface area contributed by atoms with Crippen molar-refractivity contribution in [2.75, 3.05) is 39.4 Å².